The minimum Gasteiger partial charge on any atom is -0.459 e. The van der Waals surface area contributed by atoms with E-state index in [-0.39, 0.29) is 11.4 Å². The number of amides is 1. The highest BCUT2D eigenvalue weighted by Gasteiger charge is 2.10. The van der Waals surface area contributed by atoms with Gasteiger partial charge in [-0.2, -0.15) is 0 Å². The Hall–Kier alpha value is -3.20. The molecular formula is C16H12N4O4S. The van der Waals surface area contributed by atoms with Gasteiger partial charge in [-0.05, 0) is 29.8 Å². The Labute approximate surface area is 146 Å². The number of nitrogens with one attached hydrogen (secondary N) is 1. The summed E-state index contributed by atoms with van der Waals surface area (Å²) in [6, 6.07) is 12.9. The number of non-ortho nitro benzene ring substituents is 1. The van der Waals surface area contributed by atoms with Crippen LogP contribution in [-0.4, -0.2) is 21.0 Å². The van der Waals surface area contributed by atoms with Gasteiger partial charge in [0.1, 0.15) is 5.03 Å². The van der Waals surface area contributed by atoms with Gasteiger partial charge in [0.2, 0.25) is 0 Å². The number of hydrogen-bond acceptors (Lipinski definition) is 7. The molecule has 1 amide bonds. The van der Waals surface area contributed by atoms with Gasteiger partial charge in [-0.1, -0.05) is 23.9 Å². The van der Waals surface area contributed by atoms with E-state index in [1.807, 2.05) is 0 Å². The smallest absolute Gasteiger partial charge is 0.292 e. The predicted octanol–water partition coefficient (Wildman–Crippen LogP) is 3.52. The van der Waals surface area contributed by atoms with Crippen molar-refractivity contribution in [2.45, 2.75) is 10.8 Å². The van der Waals surface area contributed by atoms with E-state index in [1.165, 1.54) is 30.2 Å². The van der Waals surface area contributed by atoms with Gasteiger partial charge < -0.3 is 9.73 Å². The molecule has 0 bridgehead atoms. The van der Waals surface area contributed by atoms with E-state index in [1.54, 1.807) is 36.4 Å². The summed E-state index contributed by atoms with van der Waals surface area (Å²) in [6.45, 7) is 0. The van der Waals surface area contributed by atoms with Crippen molar-refractivity contribution in [3.05, 3.63) is 76.2 Å². The molecule has 25 heavy (non-hydrogen) atoms. The summed E-state index contributed by atoms with van der Waals surface area (Å²) < 4.78 is 5.00. The summed E-state index contributed by atoms with van der Waals surface area (Å²) in [6.07, 6.45) is 1.42. The first-order valence-corrected chi connectivity index (χ1v) is 8.15. The molecule has 0 aliphatic rings. The summed E-state index contributed by atoms with van der Waals surface area (Å²) in [4.78, 5) is 22.0. The van der Waals surface area contributed by atoms with Gasteiger partial charge in [0, 0.05) is 17.9 Å². The molecule has 0 atom stereocenters. The lowest BCUT2D eigenvalue weighted by Crippen LogP contribution is -2.12. The SMILES string of the molecule is O=C(Nc1ccc(SCc2ccc([N+](=O)[O-])cc2)nn1)c1ccco1. The van der Waals surface area contributed by atoms with Crippen LogP contribution in [0.5, 0.6) is 0 Å². The number of nitro groups is 1. The predicted molar refractivity (Wildman–Crippen MR) is 91.4 cm³/mol. The van der Waals surface area contributed by atoms with E-state index in [0.29, 0.717) is 16.6 Å². The van der Waals surface area contributed by atoms with Gasteiger partial charge in [-0.3, -0.25) is 14.9 Å². The van der Waals surface area contributed by atoms with Crippen molar-refractivity contribution in [1.29, 1.82) is 0 Å². The minimum atomic E-state index is -0.432. The Morgan fingerprint density at radius 2 is 1.96 bits per heavy atom. The van der Waals surface area contributed by atoms with E-state index >= 15 is 0 Å². The summed E-state index contributed by atoms with van der Waals surface area (Å²) in [5.74, 6) is 0.718. The maximum Gasteiger partial charge on any atom is 0.292 e. The normalized spacial score (nSPS) is 10.4. The van der Waals surface area contributed by atoms with Crippen molar-refractivity contribution < 1.29 is 14.1 Å². The molecule has 8 nitrogen and oxygen atoms in total. The zero-order valence-corrected chi connectivity index (χ0v) is 13.6. The van der Waals surface area contributed by atoms with Crippen LogP contribution in [0.3, 0.4) is 0 Å². The number of anilines is 1. The van der Waals surface area contributed by atoms with Crippen LogP contribution in [0.15, 0.2) is 64.2 Å². The Morgan fingerprint density at radius 3 is 2.56 bits per heavy atom. The summed E-state index contributed by atoms with van der Waals surface area (Å²) in [7, 11) is 0. The van der Waals surface area contributed by atoms with Crippen molar-refractivity contribution in [3.8, 4) is 0 Å². The van der Waals surface area contributed by atoms with Crippen LogP contribution in [0, 0.1) is 10.1 Å². The molecule has 0 aliphatic carbocycles. The van der Waals surface area contributed by atoms with E-state index in [2.05, 4.69) is 15.5 Å². The van der Waals surface area contributed by atoms with Crippen molar-refractivity contribution in [2.24, 2.45) is 0 Å². The highest BCUT2D eigenvalue weighted by Crippen LogP contribution is 2.22. The number of nitrogens with zero attached hydrogens (tertiary/aromatic N) is 3. The first kappa shape index (κ1) is 16.7. The average Bonchev–Trinajstić information content (AvgIpc) is 3.16. The molecule has 0 saturated carbocycles. The van der Waals surface area contributed by atoms with Gasteiger partial charge in [0.25, 0.3) is 11.6 Å². The van der Waals surface area contributed by atoms with E-state index in [4.69, 9.17) is 4.42 Å². The Bertz CT molecular complexity index is 864. The number of aromatic nitrogens is 2. The highest BCUT2D eigenvalue weighted by molar-refractivity contribution is 7.98. The Balaban J connectivity index is 1.55. The van der Waals surface area contributed by atoms with Gasteiger partial charge in [-0.15, -0.1) is 10.2 Å². The summed E-state index contributed by atoms with van der Waals surface area (Å²) in [5.41, 5.74) is 0.998. The third-order valence-electron chi connectivity index (χ3n) is 3.16. The van der Waals surface area contributed by atoms with E-state index in [0.717, 1.165) is 5.56 Å². The molecule has 0 spiro atoms. The number of nitro benzene ring substituents is 1. The Morgan fingerprint density at radius 1 is 1.16 bits per heavy atom. The quantitative estimate of drug-likeness (QED) is 0.408. The number of carbonyl (C=O) groups is 1. The van der Waals surface area contributed by atoms with Gasteiger partial charge in [-0.25, -0.2) is 0 Å². The van der Waals surface area contributed by atoms with Crippen LogP contribution in [0.4, 0.5) is 11.5 Å². The molecule has 0 aliphatic heterocycles. The second-order valence-electron chi connectivity index (χ2n) is 4.90. The molecular weight excluding hydrogens is 344 g/mol. The second-order valence-corrected chi connectivity index (χ2v) is 5.90. The lowest BCUT2D eigenvalue weighted by molar-refractivity contribution is -0.384. The fraction of sp³-hybridized carbons (Fsp3) is 0.0625. The molecule has 0 radical (unpaired) electrons. The lowest BCUT2D eigenvalue weighted by atomic mass is 10.2. The van der Waals surface area contributed by atoms with Crippen molar-refractivity contribution in [1.82, 2.24) is 10.2 Å². The first-order valence-electron chi connectivity index (χ1n) is 7.16. The molecule has 2 aromatic heterocycles. The average molecular weight is 356 g/mol. The monoisotopic (exact) mass is 356 g/mol. The standard InChI is InChI=1S/C16H12N4O4S/c21-16(13-2-1-9-24-13)17-14-7-8-15(19-18-14)25-10-11-3-5-12(6-4-11)20(22)23/h1-9H,10H2,(H,17,18,21). The molecule has 1 aromatic carbocycles. The zero-order chi connectivity index (χ0) is 17.6. The summed E-state index contributed by atoms with van der Waals surface area (Å²) >= 11 is 1.44. The Kier molecular flexibility index (Phi) is 5.05. The number of carbonyl (C=O) groups excluding carboxylic acids is 1. The van der Waals surface area contributed by atoms with Crippen LogP contribution in [0.1, 0.15) is 16.1 Å². The molecule has 3 rings (SSSR count). The van der Waals surface area contributed by atoms with Crippen molar-refractivity contribution >= 4 is 29.2 Å². The second kappa shape index (κ2) is 7.58. The number of rotatable bonds is 6. The number of hydrogen-bond donors (Lipinski definition) is 1. The molecule has 0 unspecified atom stereocenters. The molecule has 9 heteroatoms. The largest absolute Gasteiger partial charge is 0.459 e. The first-order chi connectivity index (χ1) is 12.1. The third kappa shape index (κ3) is 4.42. The van der Waals surface area contributed by atoms with Crippen LogP contribution in [-0.2, 0) is 5.75 Å². The van der Waals surface area contributed by atoms with Gasteiger partial charge in [0.05, 0.1) is 11.2 Å². The third-order valence-corrected chi connectivity index (χ3v) is 4.15. The van der Waals surface area contributed by atoms with Crippen LogP contribution in [0.2, 0.25) is 0 Å². The minimum absolute atomic E-state index is 0.0604. The molecule has 1 N–H and O–H groups in total. The summed E-state index contributed by atoms with van der Waals surface area (Å²) in [5, 5.41) is 21.9. The fourth-order valence-electron chi connectivity index (χ4n) is 1.92. The molecule has 3 aromatic rings. The topological polar surface area (TPSA) is 111 Å². The van der Waals surface area contributed by atoms with Gasteiger partial charge in [0.15, 0.2) is 11.6 Å². The van der Waals surface area contributed by atoms with E-state index < -0.39 is 10.8 Å². The lowest BCUT2D eigenvalue weighted by Gasteiger charge is -2.03. The number of furan rings is 1. The highest BCUT2D eigenvalue weighted by atomic mass is 32.2. The molecule has 0 fully saturated rings. The van der Waals surface area contributed by atoms with Crippen molar-refractivity contribution in [2.75, 3.05) is 5.32 Å². The fourth-order valence-corrected chi connectivity index (χ4v) is 2.69. The number of thioether (sulfide) groups is 1. The van der Waals surface area contributed by atoms with E-state index in [9.17, 15) is 14.9 Å². The zero-order valence-electron chi connectivity index (χ0n) is 12.8. The maximum atomic E-state index is 11.8. The van der Waals surface area contributed by atoms with Crippen LogP contribution < -0.4 is 5.32 Å². The maximum absolute atomic E-state index is 11.8. The van der Waals surface area contributed by atoms with Gasteiger partial charge >= 0.3 is 0 Å². The van der Waals surface area contributed by atoms with Crippen molar-refractivity contribution in [3.63, 3.8) is 0 Å². The number of benzene rings is 1. The molecule has 2 heterocycles. The van der Waals surface area contributed by atoms with Crippen LogP contribution in [0.25, 0.3) is 0 Å². The molecule has 0 saturated heterocycles. The van der Waals surface area contributed by atoms with Crippen LogP contribution >= 0.6 is 11.8 Å². The molecule has 126 valence electrons.